The van der Waals surface area contributed by atoms with E-state index in [2.05, 4.69) is 5.32 Å². The fourth-order valence-electron chi connectivity index (χ4n) is 5.66. The zero-order valence-corrected chi connectivity index (χ0v) is 29.3. The van der Waals surface area contributed by atoms with Gasteiger partial charge in [0, 0.05) is 44.3 Å². The number of carbonyl (C=O) groups is 2. The first kappa shape index (κ1) is 34.6. The zero-order chi connectivity index (χ0) is 35.9. The Bertz CT molecular complexity index is 2030. The summed E-state index contributed by atoms with van der Waals surface area (Å²) in [5.41, 5.74) is 5.25. The average Bonchev–Trinajstić information content (AvgIpc) is 3.75. The largest absolute Gasteiger partial charge is 0.497 e. The Balaban J connectivity index is 1.24. The van der Waals surface area contributed by atoms with Crippen molar-refractivity contribution >= 4 is 23.5 Å². The van der Waals surface area contributed by atoms with Crippen LogP contribution in [0, 0.1) is 6.92 Å². The van der Waals surface area contributed by atoms with Crippen LogP contribution in [-0.2, 0) is 22.6 Å². The van der Waals surface area contributed by atoms with E-state index in [-0.39, 0.29) is 25.0 Å². The first-order chi connectivity index (χ1) is 24.7. The van der Waals surface area contributed by atoms with Gasteiger partial charge in [0.1, 0.15) is 17.2 Å². The number of amides is 2. The molecular formula is C40H40N4O7. The minimum absolute atomic E-state index is 0.103. The number of carbonyl (C=O) groups excluding carboxylic acids is 2. The predicted molar refractivity (Wildman–Crippen MR) is 194 cm³/mol. The van der Waals surface area contributed by atoms with Crippen LogP contribution >= 0.6 is 0 Å². The highest BCUT2D eigenvalue weighted by atomic mass is 16.7. The van der Waals surface area contributed by atoms with E-state index in [0.717, 1.165) is 28.1 Å². The number of aryl methyl sites for hydroxylation is 1. The van der Waals surface area contributed by atoms with Crippen LogP contribution in [0.3, 0.4) is 0 Å². The van der Waals surface area contributed by atoms with Crippen molar-refractivity contribution in [1.29, 1.82) is 0 Å². The third-order valence-electron chi connectivity index (χ3n) is 8.37. The van der Waals surface area contributed by atoms with E-state index >= 15 is 0 Å². The molecule has 2 heterocycles. The number of nitrogens with zero attached hydrogens (tertiary/aromatic N) is 3. The third kappa shape index (κ3) is 8.16. The summed E-state index contributed by atoms with van der Waals surface area (Å²) in [7, 11) is 6.60. The van der Waals surface area contributed by atoms with E-state index < -0.39 is 0 Å². The SMILES string of the molecule is COc1cc(C=C(C(=O)N(C)C)c2ccc(Oc3c(CCC(=O)NCc4ccc5c(c4)OCO5)c(C)nn3-c3ccccc3)cc2)cc(OC)c1. The molecule has 4 aromatic carbocycles. The van der Waals surface area contributed by atoms with Crippen molar-refractivity contribution in [3.8, 4) is 40.3 Å². The zero-order valence-electron chi connectivity index (χ0n) is 29.3. The molecule has 262 valence electrons. The number of para-hydroxylation sites is 1. The molecule has 0 unspecified atom stereocenters. The first-order valence-electron chi connectivity index (χ1n) is 16.5. The van der Waals surface area contributed by atoms with Gasteiger partial charge in [-0.1, -0.05) is 36.4 Å². The molecule has 2 amide bonds. The lowest BCUT2D eigenvalue weighted by molar-refractivity contribution is -0.122. The molecule has 0 aliphatic carbocycles. The van der Waals surface area contributed by atoms with Crippen LogP contribution in [0.4, 0.5) is 0 Å². The van der Waals surface area contributed by atoms with Gasteiger partial charge in [0.25, 0.3) is 5.91 Å². The molecule has 1 N–H and O–H groups in total. The van der Waals surface area contributed by atoms with Crippen molar-refractivity contribution in [2.75, 3.05) is 35.1 Å². The third-order valence-corrected chi connectivity index (χ3v) is 8.37. The fraction of sp³-hybridized carbons (Fsp3) is 0.225. The maximum Gasteiger partial charge on any atom is 0.253 e. The molecule has 0 saturated carbocycles. The molecule has 1 aliphatic heterocycles. The van der Waals surface area contributed by atoms with Gasteiger partial charge in [-0.25, -0.2) is 4.68 Å². The monoisotopic (exact) mass is 688 g/mol. The molecule has 6 rings (SSSR count). The van der Waals surface area contributed by atoms with E-state index in [0.29, 0.717) is 58.7 Å². The number of likely N-dealkylation sites (N-methyl/N-ethyl adjacent to an activating group) is 1. The highest BCUT2D eigenvalue weighted by Gasteiger charge is 2.21. The maximum absolute atomic E-state index is 13.4. The van der Waals surface area contributed by atoms with Crippen molar-refractivity contribution in [2.24, 2.45) is 0 Å². The molecule has 11 heteroatoms. The Kier molecular flexibility index (Phi) is 10.6. The molecule has 1 aliphatic rings. The Hall–Kier alpha value is -6.23. The number of aromatic nitrogens is 2. The van der Waals surface area contributed by atoms with Crippen LogP contribution in [0.15, 0.2) is 91.0 Å². The highest BCUT2D eigenvalue weighted by molar-refractivity contribution is 6.24. The number of nitrogens with one attached hydrogen (secondary N) is 1. The minimum Gasteiger partial charge on any atom is -0.497 e. The van der Waals surface area contributed by atoms with Crippen LogP contribution in [0.25, 0.3) is 17.3 Å². The second kappa shape index (κ2) is 15.5. The topological polar surface area (TPSA) is 113 Å². The van der Waals surface area contributed by atoms with Crippen molar-refractivity contribution < 1.29 is 33.3 Å². The molecule has 0 radical (unpaired) electrons. The molecule has 0 saturated heterocycles. The van der Waals surface area contributed by atoms with Crippen LogP contribution < -0.4 is 29.0 Å². The summed E-state index contributed by atoms with van der Waals surface area (Å²) in [4.78, 5) is 27.9. The molecule has 51 heavy (non-hydrogen) atoms. The lowest BCUT2D eigenvalue weighted by Crippen LogP contribution is -2.23. The first-order valence-corrected chi connectivity index (χ1v) is 16.5. The summed E-state index contributed by atoms with van der Waals surface area (Å²) in [6.07, 6.45) is 2.46. The average molecular weight is 689 g/mol. The molecule has 0 spiro atoms. The van der Waals surface area contributed by atoms with Gasteiger partial charge in [-0.15, -0.1) is 0 Å². The van der Waals surface area contributed by atoms with Crippen molar-refractivity contribution in [3.63, 3.8) is 0 Å². The fourth-order valence-corrected chi connectivity index (χ4v) is 5.66. The van der Waals surface area contributed by atoms with E-state index in [1.54, 1.807) is 39.1 Å². The van der Waals surface area contributed by atoms with Gasteiger partial charge < -0.3 is 33.9 Å². The minimum atomic E-state index is -0.165. The van der Waals surface area contributed by atoms with E-state index in [4.69, 9.17) is 28.8 Å². The predicted octanol–water partition coefficient (Wildman–Crippen LogP) is 6.60. The number of benzene rings is 4. The second-order valence-electron chi connectivity index (χ2n) is 12.1. The van der Waals surface area contributed by atoms with E-state index in [1.165, 1.54) is 4.90 Å². The maximum atomic E-state index is 13.4. The van der Waals surface area contributed by atoms with Crippen LogP contribution in [0.5, 0.6) is 34.6 Å². The summed E-state index contributed by atoms with van der Waals surface area (Å²) in [5, 5.41) is 7.80. The summed E-state index contributed by atoms with van der Waals surface area (Å²) in [5.74, 6) is 3.40. The van der Waals surface area contributed by atoms with Crippen molar-refractivity contribution in [1.82, 2.24) is 20.0 Å². The number of ether oxygens (including phenoxy) is 5. The summed E-state index contributed by atoms with van der Waals surface area (Å²) in [6, 6.07) is 28.1. The standard InChI is InChI=1S/C40H40N4O7/c1-26-34(16-18-38(45)41-24-27-11-17-36-37(22-27)50-25-49-36)40(44(42-26)30-9-7-6-8-10-30)51-31-14-12-29(13-15-31)35(39(46)43(2)3)21-28-19-32(47-4)23-33(20-28)48-5/h6-15,17,19-23H,16,18,24-25H2,1-5H3,(H,41,45). The van der Waals surface area contributed by atoms with Gasteiger partial charge in [0.2, 0.25) is 18.6 Å². The second-order valence-corrected chi connectivity index (χ2v) is 12.1. The van der Waals surface area contributed by atoms with Crippen LogP contribution in [0.2, 0.25) is 0 Å². The number of methoxy groups -OCH3 is 2. The molecule has 0 bridgehead atoms. The number of hydrogen-bond donors (Lipinski definition) is 1. The molecule has 0 fully saturated rings. The van der Waals surface area contributed by atoms with Crippen molar-refractivity contribution in [2.45, 2.75) is 26.3 Å². The smallest absolute Gasteiger partial charge is 0.253 e. The van der Waals surface area contributed by atoms with E-state index in [1.807, 2.05) is 97.9 Å². The molecule has 0 atom stereocenters. The Morgan fingerprint density at radius 3 is 2.27 bits per heavy atom. The van der Waals surface area contributed by atoms with Crippen molar-refractivity contribution in [3.05, 3.63) is 119 Å². The lowest BCUT2D eigenvalue weighted by Gasteiger charge is -2.16. The Labute approximate surface area is 297 Å². The van der Waals surface area contributed by atoms with Gasteiger partial charge in [0.05, 0.1) is 25.6 Å². The van der Waals surface area contributed by atoms with Crippen LogP contribution in [0.1, 0.15) is 34.4 Å². The molecular weight excluding hydrogens is 648 g/mol. The molecule has 5 aromatic rings. The van der Waals surface area contributed by atoms with Gasteiger partial charge in [-0.3, -0.25) is 9.59 Å². The normalized spacial score (nSPS) is 12.0. The summed E-state index contributed by atoms with van der Waals surface area (Å²) < 4.78 is 30.0. The Morgan fingerprint density at radius 2 is 1.59 bits per heavy atom. The Morgan fingerprint density at radius 1 is 0.882 bits per heavy atom. The highest BCUT2D eigenvalue weighted by Crippen LogP contribution is 2.34. The molecule has 1 aromatic heterocycles. The van der Waals surface area contributed by atoms with Crippen LogP contribution in [-0.4, -0.2) is 61.6 Å². The number of hydrogen-bond acceptors (Lipinski definition) is 8. The summed E-state index contributed by atoms with van der Waals surface area (Å²) >= 11 is 0. The molecule has 11 nitrogen and oxygen atoms in total. The van der Waals surface area contributed by atoms with Gasteiger partial charge >= 0.3 is 0 Å². The van der Waals surface area contributed by atoms with Gasteiger partial charge in [-0.05, 0) is 84.6 Å². The number of rotatable bonds is 13. The lowest BCUT2D eigenvalue weighted by atomic mass is 10.0. The van der Waals surface area contributed by atoms with Gasteiger partial charge in [-0.2, -0.15) is 5.10 Å². The van der Waals surface area contributed by atoms with Gasteiger partial charge in [0.15, 0.2) is 11.5 Å². The quantitative estimate of drug-likeness (QED) is 0.109. The van der Waals surface area contributed by atoms with E-state index in [9.17, 15) is 9.59 Å². The number of fused-ring (bicyclic) bond motifs is 1. The summed E-state index contributed by atoms with van der Waals surface area (Å²) in [6.45, 7) is 2.47.